The molecule has 21 heavy (non-hydrogen) atoms. The van der Waals surface area contributed by atoms with E-state index in [-0.39, 0.29) is 17.1 Å². The third kappa shape index (κ3) is 4.03. The number of sulfonamides is 1. The summed E-state index contributed by atoms with van der Waals surface area (Å²) in [6.07, 6.45) is 0.429. The largest absolute Gasteiger partial charge is 0.465 e. The summed E-state index contributed by atoms with van der Waals surface area (Å²) in [4.78, 5) is 11.5. The third-order valence-corrected chi connectivity index (χ3v) is 5.19. The molecule has 118 valence electrons. The molecule has 0 saturated carbocycles. The van der Waals surface area contributed by atoms with Gasteiger partial charge in [0.2, 0.25) is 10.0 Å². The topological polar surface area (TPSA) is 92.7 Å². The molecule has 1 rings (SSSR count). The van der Waals surface area contributed by atoms with Gasteiger partial charge in [-0.25, -0.2) is 17.9 Å². The van der Waals surface area contributed by atoms with E-state index in [0.29, 0.717) is 12.0 Å². The normalized spacial score (nSPS) is 14.5. The average Bonchev–Trinajstić information content (AvgIpc) is 2.46. The average molecular weight is 315 g/mol. The molecule has 2 N–H and O–H groups in total. The van der Waals surface area contributed by atoms with Gasteiger partial charge in [0, 0.05) is 0 Å². The minimum atomic E-state index is -3.85. The first-order valence-corrected chi connectivity index (χ1v) is 8.01. The van der Waals surface area contributed by atoms with Gasteiger partial charge in [-0.3, -0.25) is 0 Å². The number of ether oxygens (including phenoxy) is 1. The van der Waals surface area contributed by atoms with E-state index in [4.69, 9.17) is 0 Å². The van der Waals surface area contributed by atoms with Crippen molar-refractivity contribution in [1.82, 2.24) is 4.72 Å². The zero-order valence-electron chi connectivity index (χ0n) is 12.6. The zero-order valence-corrected chi connectivity index (χ0v) is 13.5. The minimum Gasteiger partial charge on any atom is -0.465 e. The Kier molecular flexibility index (Phi) is 5.49. The van der Waals surface area contributed by atoms with Gasteiger partial charge in [-0.05, 0) is 38.0 Å². The van der Waals surface area contributed by atoms with Crippen LogP contribution in [0.15, 0.2) is 23.1 Å². The van der Waals surface area contributed by atoms with Crippen molar-refractivity contribution in [1.29, 1.82) is 0 Å². The molecular weight excluding hydrogens is 294 g/mol. The molecular formula is C14H21NO5S. The van der Waals surface area contributed by atoms with E-state index in [2.05, 4.69) is 9.46 Å². The molecule has 0 saturated heterocycles. The molecule has 0 amide bonds. The number of esters is 1. The predicted octanol–water partition coefficient (Wildman–Crippen LogP) is 1.22. The predicted molar refractivity (Wildman–Crippen MR) is 78.6 cm³/mol. The smallest absolute Gasteiger partial charge is 0.337 e. The van der Waals surface area contributed by atoms with Gasteiger partial charge in [-0.2, -0.15) is 0 Å². The number of hydrogen-bond acceptors (Lipinski definition) is 5. The van der Waals surface area contributed by atoms with Crippen molar-refractivity contribution in [3.8, 4) is 0 Å². The molecule has 1 aromatic rings. The molecule has 0 aliphatic rings. The first-order valence-electron chi connectivity index (χ1n) is 6.53. The van der Waals surface area contributed by atoms with Crippen LogP contribution in [-0.2, 0) is 14.8 Å². The zero-order chi connectivity index (χ0) is 16.3. The third-order valence-electron chi connectivity index (χ3n) is 3.41. The van der Waals surface area contributed by atoms with E-state index < -0.39 is 21.5 Å². The Morgan fingerprint density at radius 1 is 1.43 bits per heavy atom. The molecule has 0 fully saturated rings. The number of carbonyl (C=O) groups is 1. The maximum Gasteiger partial charge on any atom is 0.337 e. The molecule has 0 radical (unpaired) electrons. The number of nitrogens with one attached hydrogen (secondary N) is 1. The lowest BCUT2D eigenvalue weighted by Crippen LogP contribution is -2.48. The molecule has 1 atom stereocenters. The lowest BCUT2D eigenvalue weighted by atomic mass is 10.0. The van der Waals surface area contributed by atoms with Gasteiger partial charge < -0.3 is 9.84 Å². The molecule has 6 nitrogen and oxygen atoms in total. The highest BCUT2D eigenvalue weighted by Crippen LogP contribution is 2.20. The highest BCUT2D eigenvalue weighted by atomic mass is 32.2. The van der Waals surface area contributed by atoms with Crippen LogP contribution in [0.2, 0.25) is 0 Å². The summed E-state index contributed by atoms with van der Waals surface area (Å²) in [5, 5.41) is 9.34. The molecule has 1 unspecified atom stereocenters. The van der Waals surface area contributed by atoms with Gasteiger partial charge in [0.15, 0.2) is 0 Å². The molecule has 7 heteroatoms. The first kappa shape index (κ1) is 17.6. The molecule has 0 aromatic heterocycles. The van der Waals surface area contributed by atoms with Crippen molar-refractivity contribution in [2.24, 2.45) is 0 Å². The fourth-order valence-corrected chi connectivity index (χ4v) is 3.47. The first-order chi connectivity index (χ1) is 9.69. The van der Waals surface area contributed by atoms with Crippen molar-refractivity contribution in [3.05, 3.63) is 29.3 Å². The number of aliphatic hydroxyl groups excluding tert-OH is 1. The van der Waals surface area contributed by atoms with Crippen LogP contribution in [0.4, 0.5) is 0 Å². The van der Waals surface area contributed by atoms with Crippen LogP contribution < -0.4 is 4.72 Å². The molecule has 0 aliphatic carbocycles. The van der Waals surface area contributed by atoms with Crippen LogP contribution in [-0.4, -0.2) is 38.7 Å². The van der Waals surface area contributed by atoms with Crippen LogP contribution in [0.25, 0.3) is 0 Å². The lowest BCUT2D eigenvalue weighted by molar-refractivity contribution is 0.0600. The Morgan fingerprint density at radius 2 is 2.05 bits per heavy atom. The van der Waals surface area contributed by atoms with Gasteiger partial charge in [0.25, 0.3) is 0 Å². The van der Waals surface area contributed by atoms with E-state index in [9.17, 15) is 18.3 Å². The standard InChI is InChI=1S/C14H21NO5S/c1-5-14(3,9-16)15-21(18,19)12-8-11(13(17)20-4)7-6-10(12)2/h6-8,15-16H,5,9H2,1-4H3. The lowest BCUT2D eigenvalue weighted by Gasteiger charge is -2.27. The molecule has 1 aromatic carbocycles. The summed E-state index contributed by atoms with van der Waals surface area (Å²) in [6, 6.07) is 4.32. The Hall–Kier alpha value is -1.44. The van der Waals surface area contributed by atoms with Crippen LogP contribution in [0.5, 0.6) is 0 Å². The summed E-state index contributed by atoms with van der Waals surface area (Å²) in [5.41, 5.74) is -0.288. The van der Waals surface area contributed by atoms with E-state index >= 15 is 0 Å². The van der Waals surface area contributed by atoms with E-state index in [1.807, 2.05) is 0 Å². The van der Waals surface area contributed by atoms with E-state index in [0.717, 1.165) is 0 Å². The Bertz CT molecular complexity index is 620. The molecule has 0 spiro atoms. The van der Waals surface area contributed by atoms with Gasteiger partial charge in [-0.15, -0.1) is 0 Å². The van der Waals surface area contributed by atoms with Gasteiger partial charge in [0.1, 0.15) is 0 Å². The van der Waals surface area contributed by atoms with Crippen molar-refractivity contribution in [2.75, 3.05) is 13.7 Å². The number of aryl methyl sites for hydroxylation is 1. The summed E-state index contributed by atoms with van der Waals surface area (Å²) < 4.78 is 32.0. The van der Waals surface area contributed by atoms with Crippen LogP contribution in [0.1, 0.15) is 36.2 Å². The van der Waals surface area contributed by atoms with Crippen molar-refractivity contribution in [3.63, 3.8) is 0 Å². The number of benzene rings is 1. The number of hydrogen-bond donors (Lipinski definition) is 2. The number of methoxy groups -OCH3 is 1. The fraction of sp³-hybridized carbons (Fsp3) is 0.500. The highest BCUT2D eigenvalue weighted by molar-refractivity contribution is 7.89. The summed E-state index contributed by atoms with van der Waals surface area (Å²) >= 11 is 0. The van der Waals surface area contributed by atoms with Gasteiger partial charge in [0.05, 0.1) is 29.7 Å². The molecule has 0 bridgehead atoms. The van der Waals surface area contributed by atoms with Crippen molar-refractivity contribution in [2.45, 2.75) is 37.6 Å². The van der Waals surface area contributed by atoms with Crippen LogP contribution in [0, 0.1) is 6.92 Å². The number of rotatable bonds is 6. The fourth-order valence-electron chi connectivity index (χ4n) is 1.73. The van der Waals surface area contributed by atoms with Gasteiger partial charge in [-0.1, -0.05) is 13.0 Å². The second-order valence-corrected chi connectivity index (χ2v) is 6.80. The monoisotopic (exact) mass is 315 g/mol. The van der Waals surface area contributed by atoms with Crippen molar-refractivity contribution < 1.29 is 23.1 Å². The summed E-state index contributed by atoms with van der Waals surface area (Å²) in [5.74, 6) is -0.605. The maximum absolute atomic E-state index is 12.5. The second-order valence-electron chi connectivity index (χ2n) is 5.15. The second kappa shape index (κ2) is 6.55. The van der Waals surface area contributed by atoms with Crippen molar-refractivity contribution >= 4 is 16.0 Å². The SMILES string of the molecule is CCC(C)(CO)NS(=O)(=O)c1cc(C(=O)OC)ccc1C. The summed E-state index contributed by atoms with van der Waals surface area (Å²) in [7, 11) is -2.62. The quantitative estimate of drug-likeness (QED) is 0.770. The van der Waals surface area contributed by atoms with E-state index in [1.54, 1.807) is 26.8 Å². The maximum atomic E-state index is 12.5. The Labute approximate surface area is 125 Å². The molecule has 0 heterocycles. The Morgan fingerprint density at radius 3 is 2.52 bits per heavy atom. The minimum absolute atomic E-state index is 0.00137. The van der Waals surface area contributed by atoms with E-state index in [1.165, 1.54) is 19.2 Å². The van der Waals surface area contributed by atoms with Crippen LogP contribution in [0.3, 0.4) is 0 Å². The number of carbonyl (C=O) groups excluding carboxylic acids is 1. The molecule has 0 aliphatic heterocycles. The van der Waals surface area contributed by atoms with Crippen LogP contribution >= 0.6 is 0 Å². The number of aliphatic hydroxyl groups is 1. The van der Waals surface area contributed by atoms with Gasteiger partial charge >= 0.3 is 5.97 Å². The highest BCUT2D eigenvalue weighted by Gasteiger charge is 2.29. The summed E-state index contributed by atoms with van der Waals surface area (Å²) in [6.45, 7) is 4.71. The Balaban J connectivity index is 3.28.